The molecular weight excluding hydrogens is 401 g/mol. The van der Waals surface area contributed by atoms with Crippen LogP contribution in [-0.4, -0.2) is 10.5 Å². The second kappa shape index (κ2) is 8.14. The molecule has 3 nitrogen and oxygen atoms in total. The van der Waals surface area contributed by atoms with Crippen molar-refractivity contribution in [3.8, 4) is 16.9 Å². The normalized spacial score (nSPS) is 11.4. The maximum atomic E-state index is 13.8. The minimum Gasteiger partial charge on any atom is -0.322 e. The van der Waals surface area contributed by atoms with Gasteiger partial charge < -0.3 is 9.88 Å². The summed E-state index contributed by atoms with van der Waals surface area (Å²) >= 11 is 0. The van der Waals surface area contributed by atoms with Crippen molar-refractivity contribution in [2.45, 2.75) is 13.1 Å². The van der Waals surface area contributed by atoms with Gasteiger partial charge in [0.25, 0.3) is 5.91 Å². The predicted octanol–water partition coefficient (Wildman–Crippen LogP) is 6.72. The molecule has 3 aromatic carbocycles. The van der Waals surface area contributed by atoms with E-state index < -0.39 is 11.7 Å². The van der Waals surface area contributed by atoms with E-state index in [0.29, 0.717) is 28.2 Å². The fraction of sp³-hybridized carbons (Fsp3) is 0.0800. The van der Waals surface area contributed by atoms with E-state index in [1.54, 1.807) is 72.3 Å². The number of alkyl halides is 3. The van der Waals surface area contributed by atoms with Crippen molar-refractivity contribution < 1.29 is 18.0 Å². The first-order valence-electron chi connectivity index (χ1n) is 9.66. The quantitative estimate of drug-likeness (QED) is 0.391. The lowest BCUT2D eigenvalue weighted by molar-refractivity contribution is -0.137. The van der Waals surface area contributed by atoms with E-state index in [2.05, 4.69) is 5.32 Å². The number of halogens is 3. The number of aromatic nitrogens is 1. The van der Waals surface area contributed by atoms with Gasteiger partial charge in [0.05, 0.1) is 16.8 Å². The van der Waals surface area contributed by atoms with E-state index in [0.717, 1.165) is 6.07 Å². The Balaban J connectivity index is 1.90. The zero-order valence-corrected chi connectivity index (χ0v) is 16.6. The number of anilines is 1. The zero-order chi connectivity index (χ0) is 22.0. The van der Waals surface area contributed by atoms with Gasteiger partial charge in [-0.05, 0) is 42.8 Å². The highest BCUT2D eigenvalue weighted by Crippen LogP contribution is 2.40. The second-order valence-electron chi connectivity index (χ2n) is 7.09. The van der Waals surface area contributed by atoms with Crippen LogP contribution in [-0.2, 0) is 6.18 Å². The van der Waals surface area contributed by atoms with Crippen LogP contribution in [0, 0.1) is 6.92 Å². The van der Waals surface area contributed by atoms with E-state index in [-0.39, 0.29) is 11.5 Å². The van der Waals surface area contributed by atoms with Gasteiger partial charge in [-0.1, -0.05) is 54.6 Å². The summed E-state index contributed by atoms with van der Waals surface area (Å²) in [4.78, 5) is 13.0. The van der Waals surface area contributed by atoms with Crippen LogP contribution in [0.3, 0.4) is 0 Å². The molecule has 0 aliphatic carbocycles. The fourth-order valence-electron chi connectivity index (χ4n) is 3.61. The Hall–Kier alpha value is -3.80. The third kappa shape index (κ3) is 4.10. The number of rotatable bonds is 4. The molecule has 1 N–H and O–H groups in total. The lowest BCUT2D eigenvalue weighted by atomic mass is 9.99. The second-order valence-corrected chi connectivity index (χ2v) is 7.09. The van der Waals surface area contributed by atoms with E-state index >= 15 is 0 Å². The number of carbonyl (C=O) groups excluding carboxylic acids is 1. The van der Waals surface area contributed by atoms with Crippen LogP contribution in [0.15, 0.2) is 91.1 Å². The van der Waals surface area contributed by atoms with Gasteiger partial charge >= 0.3 is 6.18 Å². The van der Waals surface area contributed by atoms with Crippen molar-refractivity contribution in [2.24, 2.45) is 0 Å². The molecule has 0 aliphatic rings. The highest BCUT2D eigenvalue weighted by atomic mass is 19.4. The summed E-state index contributed by atoms with van der Waals surface area (Å²) in [5.41, 5.74) is 1.65. The first-order chi connectivity index (χ1) is 14.9. The Morgan fingerprint density at radius 2 is 1.42 bits per heavy atom. The average Bonchev–Trinajstić information content (AvgIpc) is 3.11. The van der Waals surface area contributed by atoms with E-state index in [4.69, 9.17) is 0 Å². The molecule has 0 unspecified atom stereocenters. The minimum atomic E-state index is -4.53. The SMILES string of the molecule is Cc1c(C(=O)Nc2ccccc2)cn(-c2ccccc2)c1-c1ccccc1C(F)(F)F. The molecule has 0 bridgehead atoms. The molecule has 0 radical (unpaired) electrons. The molecule has 4 rings (SSSR count). The maximum Gasteiger partial charge on any atom is 0.417 e. The van der Waals surface area contributed by atoms with Crippen LogP contribution in [0.25, 0.3) is 16.9 Å². The summed E-state index contributed by atoms with van der Waals surface area (Å²) in [5, 5.41) is 2.81. The van der Waals surface area contributed by atoms with Crippen LogP contribution in [0.1, 0.15) is 21.5 Å². The molecule has 0 fully saturated rings. The molecule has 0 saturated carbocycles. The summed E-state index contributed by atoms with van der Waals surface area (Å²) < 4.78 is 42.9. The smallest absolute Gasteiger partial charge is 0.322 e. The van der Waals surface area contributed by atoms with Crippen LogP contribution in [0.5, 0.6) is 0 Å². The van der Waals surface area contributed by atoms with Crippen molar-refractivity contribution in [2.75, 3.05) is 5.32 Å². The minimum absolute atomic E-state index is 0.0233. The molecule has 1 heterocycles. The van der Waals surface area contributed by atoms with Crippen molar-refractivity contribution >= 4 is 11.6 Å². The molecule has 31 heavy (non-hydrogen) atoms. The summed E-state index contributed by atoms with van der Waals surface area (Å²) in [6, 6.07) is 23.3. The number of carbonyl (C=O) groups is 1. The molecule has 0 saturated heterocycles. The van der Waals surface area contributed by atoms with Gasteiger partial charge in [0.1, 0.15) is 0 Å². The Bertz CT molecular complexity index is 1210. The molecule has 4 aromatic rings. The maximum absolute atomic E-state index is 13.8. The van der Waals surface area contributed by atoms with Crippen molar-refractivity contribution in [1.29, 1.82) is 0 Å². The first-order valence-corrected chi connectivity index (χ1v) is 9.66. The average molecular weight is 420 g/mol. The van der Waals surface area contributed by atoms with E-state index in [1.807, 2.05) is 12.1 Å². The van der Waals surface area contributed by atoms with Gasteiger partial charge in [0, 0.05) is 23.1 Å². The molecular formula is C25H19F3N2O. The number of para-hydroxylation sites is 2. The Morgan fingerprint density at radius 1 is 0.839 bits per heavy atom. The number of benzene rings is 3. The predicted molar refractivity (Wildman–Crippen MR) is 115 cm³/mol. The van der Waals surface area contributed by atoms with Crippen molar-refractivity contribution in [3.63, 3.8) is 0 Å². The van der Waals surface area contributed by atoms with Gasteiger partial charge in [-0.3, -0.25) is 4.79 Å². The van der Waals surface area contributed by atoms with Crippen molar-refractivity contribution in [3.05, 3.63) is 108 Å². The third-order valence-corrected chi connectivity index (χ3v) is 5.06. The summed E-state index contributed by atoms with van der Waals surface area (Å²) in [6.07, 6.45) is -2.94. The molecule has 0 spiro atoms. The number of hydrogen-bond acceptors (Lipinski definition) is 1. The monoisotopic (exact) mass is 420 g/mol. The van der Waals surface area contributed by atoms with Gasteiger partial charge in [-0.2, -0.15) is 13.2 Å². The molecule has 156 valence electrons. The number of amides is 1. The largest absolute Gasteiger partial charge is 0.417 e. The molecule has 6 heteroatoms. The number of nitrogens with zero attached hydrogens (tertiary/aromatic N) is 1. The Kier molecular flexibility index (Phi) is 5.38. The third-order valence-electron chi connectivity index (χ3n) is 5.06. The van der Waals surface area contributed by atoms with Crippen LogP contribution in [0.4, 0.5) is 18.9 Å². The van der Waals surface area contributed by atoms with Crippen LogP contribution in [0.2, 0.25) is 0 Å². The highest BCUT2D eigenvalue weighted by Gasteiger charge is 2.35. The standard InChI is InChI=1S/C25H19F3N2O/c1-17-21(24(31)29-18-10-4-2-5-11-18)16-30(19-12-6-3-7-13-19)23(17)20-14-8-9-15-22(20)25(26,27)28/h2-16H,1H3,(H,29,31). The fourth-order valence-corrected chi connectivity index (χ4v) is 3.61. The highest BCUT2D eigenvalue weighted by molar-refractivity contribution is 6.06. The van der Waals surface area contributed by atoms with Gasteiger partial charge in [-0.15, -0.1) is 0 Å². The Labute approximate surface area is 177 Å². The van der Waals surface area contributed by atoms with E-state index in [1.165, 1.54) is 12.1 Å². The van der Waals surface area contributed by atoms with Gasteiger partial charge in [0.2, 0.25) is 0 Å². The zero-order valence-electron chi connectivity index (χ0n) is 16.6. The molecule has 0 atom stereocenters. The lowest BCUT2D eigenvalue weighted by Gasteiger charge is -2.16. The first kappa shape index (κ1) is 20.5. The Morgan fingerprint density at radius 3 is 2.06 bits per heavy atom. The van der Waals surface area contributed by atoms with Gasteiger partial charge in [-0.25, -0.2) is 0 Å². The molecule has 0 aliphatic heterocycles. The molecule has 1 amide bonds. The lowest BCUT2D eigenvalue weighted by Crippen LogP contribution is -2.12. The van der Waals surface area contributed by atoms with E-state index in [9.17, 15) is 18.0 Å². The summed E-state index contributed by atoms with van der Waals surface area (Å²) in [5.74, 6) is -0.385. The van der Waals surface area contributed by atoms with Gasteiger partial charge in [0.15, 0.2) is 0 Å². The summed E-state index contributed by atoms with van der Waals surface area (Å²) in [6.45, 7) is 1.67. The molecule has 1 aromatic heterocycles. The number of hydrogen-bond donors (Lipinski definition) is 1. The summed E-state index contributed by atoms with van der Waals surface area (Å²) in [7, 11) is 0. The number of nitrogens with one attached hydrogen (secondary N) is 1. The van der Waals surface area contributed by atoms with Crippen molar-refractivity contribution in [1.82, 2.24) is 4.57 Å². The van der Waals surface area contributed by atoms with Crippen LogP contribution < -0.4 is 5.32 Å². The van der Waals surface area contributed by atoms with Crippen LogP contribution >= 0.6 is 0 Å². The topological polar surface area (TPSA) is 34.0 Å².